The molecule has 0 fully saturated rings. The van der Waals surface area contributed by atoms with Crippen molar-refractivity contribution in [2.45, 2.75) is 0 Å². The average molecular weight is 398 g/mol. The van der Waals surface area contributed by atoms with E-state index in [1.54, 1.807) is 30.3 Å². The van der Waals surface area contributed by atoms with Gasteiger partial charge in [-0.1, -0.05) is 33.6 Å². The minimum absolute atomic E-state index is 0.311. The van der Waals surface area contributed by atoms with Gasteiger partial charge in [0.05, 0.1) is 25.5 Å². The zero-order valence-corrected chi connectivity index (χ0v) is 14.8. The Bertz CT molecular complexity index is 750. The van der Waals surface area contributed by atoms with Crippen LogP contribution in [0.25, 0.3) is 0 Å². The third-order valence-corrected chi connectivity index (χ3v) is 3.70. The van der Waals surface area contributed by atoms with Crippen LogP contribution in [0, 0.1) is 0 Å². The van der Waals surface area contributed by atoms with Crippen molar-refractivity contribution in [3.8, 4) is 11.5 Å². The number of hydrazone groups is 1. The van der Waals surface area contributed by atoms with Crippen molar-refractivity contribution in [3.05, 3.63) is 57.0 Å². The van der Waals surface area contributed by atoms with Crippen molar-refractivity contribution >= 4 is 39.7 Å². The van der Waals surface area contributed by atoms with E-state index in [1.807, 2.05) is 6.07 Å². The Kier molecular flexibility index (Phi) is 6.01. The maximum atomic E-state index is 12.0. The summed E-state index contributed by atoms with van der Waals surface area (Å²) in [5.74, 6) is 0.623. The Morgan fingerprint density at radius 1 is 1.26 bits per heavy atom. The van der Waals surface area contributed by atoms with Crippen LogP contribution in [0.3, 0.4) is 0 Å². The first kappa shape index (κ1) is 17.3. The first-order chi connectivity index (χ1) is 11.0. The minimum Gasteiger partial charge on any atom is -0.493 e. The molecule has 7 heteroatoms. The summed E-state index contributed by atoms with van der Waals surface area (Å²) in [6, 6.07) is 10.4. The molecule has 2 rings (SSSR count). The summed E-state index contributed by atoms with van der Waals surface area (Å²) in [5, 5.41) is 4.32. The van der Waals surface area contributed by atoms with Crippen molar-refractivity contribution in [2.75, 3.05) is 14.2 Å². The average Bonchev–Trinajstić information content (AvgIpc) is 2.54. The molecule has 0 heterocycles. The first-order valence-corrected chi connectivity index (χ1v) is 7.72. The van der Waals surface area contributed by atoms with Crippen LogP contribution in [0.2, 0.25) is 5.02 Å². The lowest BCUT2D eigenvalue weighted by Crippen LogP contribution is -2.17. The quantitative estimate of drug-likeness (QED) is 0.615. The number of carbonyl (C=O) groups is 1. The van der Waals surface area contributed by atoms with Gasteiger partial charge >= 0.3 is 0 Å². The molecule has 0 spiro atoms. The van der Waals surface area contributed by atoms with Gasteiger partial charge in [0.1, 0.15) is 0 Å². The molecule has 0 aliphatic heterocycles. The molecule has 120 valence electrons. The highest BCUT2D eigenvalue weighted by Crippen LogP contribution is 2.35. The van der Waals surface area contributed by atoms with Crippen molar-refractivity contribution in [2.24, 2.45) is 5.10 Å². The summed E-state index contributed by atoms with van der Waals surface area (Å²) >= 11 is 9.42. The largest absolute Gasteiger partial charge is 0.493 e. The molecule has 0 bridgehead atoms. The monoisotopic (exact) mass is 396 g/mol. The minimum atomic E-state index is -0.311. The zero-order valence-electron chi connectivity index (χ0n) is 12.5. The maximum Gasteiger partial charge on any atom is 0.271 e. The molecule has 0 saturated carbocycles. The van der Waals surface area contributed by atoms with Crippen molar-refractivity contribution in [3.63, 3.8) is 0 Å². The topological polar surface area (TPSA) is 59.9 Å². The van der Waals surface area contributed by atoms with E-state index in [-0.39, 0.29) is 5.91 Å². The number of methoxy groups -OCH3 is 2. The van der Waals surface area contributed by atoms with Crippen LogP contribution in [-0.2, 0) is 0 Å². The van der Waals surface area contributed by atoms with E-state index in [1.165, 1.54) is 20.4 Å². The summed E-state index contributed by atoms with van der Waals surface area (Å²) < 4.78 is 11.2. The molecule has 1 amide bonds. The van der Waals surface area contributed by atoms with Crippen LogP contribution in [0.1, 0.15) is 15.9 Å². The highest BCUT2D eigenvalue weighted by molar-refractivity contribution is 9.10. The fraction of sp³-hybridized carbons (Fsp3) is 0.125. The van der Waals surface area contributed by atoms with Crippen LogP contribution in [0.5, 0.6) is 11.5 Å². The summed E-state index contributed by atoms with van der Waals surface area (Å²) in [7, 11) is 3.03. The van der Waals surface area contributed by atoms with Crippen molar-refractivity contribution < 1.29 is 14.3 Å². The van der Waals surface area contributed by atoms with Gasteiger partial charge in [0, 0.05) is 10.0 Å². The van der Waals surface area contributed by atoms with Gasteiger partial charge in [-0.15, -0.1) is 0 Å². The molecule has 2 aromatic carbocycles. The first-order valence-electron chi connectivity index (χ1n) is 6.55. The van der Waals surface area contributed by atoms with Crippen LogP contribution < -0.4 is 14.9 Å². The van der Waals surface area contributed by atoms with E-state index >= 15 is 0 Å². The second kappa shape index (κ2) is 7.99. The van der Waals surface area contributed by atoms with E-state index in [9.17, 15) is 4.79 Å². The molecule has 0 atom stereocenters. The molecule has 2 aromatic rings. The summed E-state index contributed by atoms with van der Waals surface area (Å²) in [4.78, 5) is 12.0. The molecular weight excluding hydrogens is 384 g/mol. The SMILES string of the molecule is COc1cc(C=NNC(=O)c2cccc(Br)c2)cc(Cl)c1OC. The summed E-state index contributed by atoms with van der Waals surface area (Å²) in [5.41, 5.74) is 3.63. The van der Waals surface area contributed by atoms with Gasteiger partial charge in [0.2, 0.25) is 0 Å². The third kappa shape index (κ3) is 4.46. The number of carbonyl (C=O) groups excluding carboxylic acids is 1. The van der Waals surface area contributed by atoms with Crippen LogP contribution in [0.4, 0.5) is 0 Å². The van der Waals surface area contributed by atoms with Crippen molar-refractivity contribution in [1.29, 1.82) is 0 Å². The number of hydrogen-bond donors (Lipinski definition) is 1. The van der Waals surface area contributed by atoms with E-state index in [2.05, 4.69) is 26.5 Å². The number of hydrogen-bond acceptors (Lipinski definition) is 4. The normalized spacial score (nSPS) is 10.6. The molecule has 1 N–H and O–H groups in total. The zero-order chi connectivity index (χ0) is 16.8. The Morgan fingerprint density at radius 3 is 2.70 bits per heavy atom. The number of halogens is 2. The van der Waals surface area contributed by atoms with Gasteiger partial charge in [-0.3, -0.25) is 4.79 Å². The van der Waals surface area contributed by atoms with Crippen LogP contribution in [-0.4, -0.2) is 26.3 Å². The highest BCUT2D eigenvalue weighted by atomic mass is 79.9. The molecule has 0 aliphatic carbocycles. The van der Waals surface area contributed by atoms with E-state index < -0.39 is 0 Å². The molecule has 0 saturated heterocycles. The predicted octanol–water partition coefficient (Wildman–Crippen LogP) is 3.88. The second-order valence-corrected chi connectivity index (χ2v) is 5.77. The van der Waals surface area contributed by atoms with E-state index in [0.717, 1.165) is 4.47 Å². The molecule has 5 nitrogen and oxygen atoms in total. The summed E-state index contributed by atoms with van der Waals surface area (Å²) in [6.07, 6.45) is 1.48. The molecule has 23 heavy (non-hydrogen) atoms. The Balaban J connectivity index is 2.11. The van der Waals surface area contributed by atoms with Gasteiger partial charge in [-0.05, 0) is 35.9 Å². The lowest BCUT2D eigenvalue weighted by molar-refractivity contribution is 0.0955. The number of ether oxygens (including phenoxy) is 2. The number of rotatable bonds is 5. The van der Waals surface area contributed by atoms with Crippen molar-refractivity contribution in [1.82, 2.24) is 5.43 Å². The Hall–Kier alpha value is -2.05. The van der Waals surface area contributed by atoms with Crippen LogP contribution >= 0.6 is 27.5 Å². The standard InChI is InChI=1S/C16H14BrClN2O3/c1-22-14-7-10(6-13(18)15(14)23-2)9-19-20-16(21)11-4-3-5-12(17)8-11/h3-9H,1-2H3,(H,20,21). The maximum absolute atomic E-state index is 12.0. The Labute approximate surface area is 147 Å². The molecule has 0 aromatic heterocycles. The lowest BCUT2D eigenvalue weighted by Gasteiger charge is -2.09. The third-order valence-electron chi connectivity index (χ3n) is 2.92. The fourth-order valence-electron chi connectivity index (χ4n) is 1.87. The fourth-order valence-corrected chi connectivity index (χ4v) is 2.57. The highest BCUT2D eigenvalue weighted by Gasteiger charge is 2.10. The molecule has 0 aliphatic rings. The Morgan fingerprint density at radius 2 is 2.04 bits per heavy atom. The predicted molar refractivity (Wildman–Crippen MR) is 93.8 cm³/mol. The van der Waals surface area contributed by atoms with Gasteiger partial charge < -0.3 is 9.47 Å². The smallest absolute Gasteiger partial charge is 0.271 e. The number of nitrogens with one attached hydrogen (secondary N) is 1. The van der Waals surface area contributed by atoms with Gasteiger partial charge in [0.25, 0.3) is 5.91 Å². The van der Waals surface area contributed by atoms with Crippen LogP contribution in [0.15, 0.2) is 46.0 Å². The lowest BCUT2D eigenvalue weighted by atomic mass is 10.2. The second-order valence-electron chi connectivity index (χ2n) is 4.45. The van der Waals surface area contributed by atoms with Gasteiger partial charge in [-0.25, -0.2) is 5.43 Å². The molecular formula is C16H14BrClN2O3. The van der Waals surface area contributed by atoms with E-state index in [0.29, 0.717) is 27.6 Å². The van der Waals surface area contributed by atoms with Gasteiger partial charge in [-0.2, -0.15) is 5.10 Å². The molecule has 0 unspecified atom stereocenters. The number of benzene rings is 2. The number of amides is 1. The summed E-state index contributed by atoms with van der Waals surface area (Å²) in [6.45, 7) is 0. The van der Waals surface area contributed by atoms with E-state index in [4.69, 9.17) is 21.1 Å². The van der Waals surface area contributed by atoms with Gasteiger partial charge in [0.15, 0.2) is 11.5 Å². The number of nitrogens with zero attached hydrogens (tertiary/aromatic N) is 1. The molecule has 0 radical (unpaired) electrons.